The summed E-state index contributed by atoms with van der Waals surface area (Å²) >= 11 is 0. The minimum absolute atomic E-state index is 0.0211. The van der Waals surface area contributed by atoms with E-state index in [0.29, 0.717) is 0 Å². The van der Waals surface area contributed by atoms with Crippen LogP contribution in [0.25, 0.3) is 0 Å². The van der Waals surface area contributed by atoms with E-state index in [1.54, 1.807) is 12.4 Å². The van der Waals surface area contributed by atoms with Crippen LogP contribution in [0.1, 0.15) is 0 Å². The quantitative estimate of drug-likeness (QED) is 0.435. The third kappa shape index (κ3) is 5.83. The van der Waals surface area contributed by atoms with Crippen molar-refractivity contribution in [3.63, 3.8) is 0 Å². The summed E-state index contributed by atoms with van der Waals surface area (Å²) in [5.74, 6) is 0. The second-order valence-corrected chi connectivity index (χ2v) is 3.16. The molecule has 2 heterocycles. The lowest BCUT2D eigenvalue weighted by molar-refractivity contribution is -0.728. The van der Waals surface area contributed by atoms with Gasteiger partial charge < -0.3 is 17.3 Å². The summed E-state index contributed by atoms with van der Waals surface area (Å²) in [5, 5.41) is 0. The van der Waals surface area contributed by atoms with Gasteiger partial charge in [0.15, 0.2) is 17.8 Å². The van der Waals surface area contributed by atoms with Crippen molar-refractivity contribution in [3.8, 4) is 0 Å². The zero-order valence-corrected chi connectivity index (χ0v) is 9.09. The summed E-state index contributed by atoms with van der Waals surface area (Å²) in [6.07, 6.45) is 7.26. The summed E-state index contributed by atoms with van der Waals surface area (Å²) in [4.78, 5) is 10.8. The van der Waals surface area contributed by atoms with Gasteiger partial charge in [-0.05, 0) is 0 Å². The molecule has 0 N–H and O–H groups in total. The van der Waals surface area contributed by atoms with Crippen LogP contribution in [0.2, 0.25) is 0 Å². The fourth-order valence-electron chi connectivity index (χ4n) is 1.10. The summed E-state index contributed by atoms with van der Waals surface area (Å²) in [5.41, 5.74) is 0.0211. The molecule has 0 aliphatic rings. The van der Waals surface area contributed by atoms with Crippen molar-refractivity contribution in [2.75, 3.05) is 0 Å². The lowest BCUT2D eigenvalue weighted by Gasteiger charge is -1.96. The zero-order valence-electron chi connectivity index (χ0n) is 9.09. The molecule has 0 aromatic carbocycles. The van der Waals surface area contributed by atoms with Crippen molar-refractivity contribution < 1.29 is 21.9 Å². The maximum Gasteiger partial charge on any atom is 0.673 e. The summed E-state index contributed by atoms with van der Waals surface area (Å²) < 4.78 is 42.7. The van der Waals surface area contributed by atoms with Crippen molar-refractivity contribution in [2.45, 2.75) is 0 Å². The number of aromatic nitrogens is 2. The fourth-order valence-corrected chi connectivity index (χ4v) is 1.10. The van der Waals surface area contributed by atoms with Gasteiger partial charge in [-0.1, -0.05) is 10.7 Å². The minimum atomic E-state index is -6.00. The van der Waals surface area contributed by atoms with E-state index in [9.17, 15) is 22.1 Å². The molecule has 2 aromatic rings. The van der Waals surface area contributed by atoms with E-state index >= 15 is 0 Å². The van der Waals surface area contributed by atoms with Crippen LogP contribution in [0, 0.1) is 0 Å². The average Bonchev–Trinajstić information content (AvgIpc) is 2.29. The van der Waals surface area contributed by atoms with Crippen LogP contribution in [-0.2, 0) is 0 Å². The first kappa shape index (κ1) is 13.9. The zero-order chi connectivity index (χ0) is 13.6. The van der Waals surface area contributed by atoms with Gasteiger partial charge in [-0.2, -0.15) is 0 Å². The Morgan fingerprint density at radius 3 is 1.83 bits per heavy atom. The Morgan fingerprint density at radius 1 is 0.944 bits per heavy atom. The second-order valence-electron chi connectivity index (χ2n) is 3.16. The number of nitrogens with zero attached hydrogens (tertiary/aromatic N) is 2. The van der Waals surface area contributed by atoms with Gasteiger partial charge in [0.1, 0.15) is 0 Å². The topological polar surface area (TPSA) is 25.9 Å². The van der Waals surface area contributed by atoms with E-state index in [4.69, 9.17) is 0 Å². The first-order valence-corrected chi connectivity index (χ1v) is 4.89. The minimum Gasteiger partial charge on any atom is -0.418 e. The van der Waals surface area contributed by atoms with Crippen molar-refractivity contribution in [1.29, 1.82) is 0 Å². The highest BCUT2D eigenvalue weighted by Gasteiger charge is 2.20. The lowest BCUT2D eigenvalue weighted by Crippen LogP contribution is -2.40. The maximum absolute atomic E-state index is 10.8. The molecule has 3 nitrogen and oxygen atoms in total. The summed E-state index contributed by atoms with van der Waals surface area (Å²) in [7, 11) is -6.00. The molecule has 0 fully saturated rings. The Bertz CT molecular complexity index is 515. The van der Waals surface area contributed by atoms with Gasteiger partial charge >= 0.3 is 7.25 Å². The van der Waals surface area contributed by atoms with Crippen LogP contribution < -0.4 is 10.1 Å². The normalized spacial score (nSPS) is 10.4. The predicted octanol–water partition coefficient (Wildman–Crippen LogP) is 1.75. The second kappa shape index (κ2) is 5.99. The van der Waals surface area contributed by atoms with Crippen molar-refractivity contribution in [2.24, 2.45) is 0 Å². The van der Waals surface area contributed by atoms with E-state index in [2.05, 4.69) is 0 Å². The Kier molecular flexibility index (Phi) is 4.64. The van der Waals surface area contributed by atoms with Crippen molar-refractivity contribution >= 4 is 7.25 Å². The Labute approximate surface area is 100 Å². The van der Waals surface area contributed by atoms with Crippen LogP contribution >= 0.6 is 0 Å². The Balaban J connectivity index is 0.000000280. The first-order valence-electron chi connectivity index (χ1n) is 4.89. The van der Waals surface area contributed by atoms with Crippen LogP contribution in [0.4, 0.5) is 17.3 Å². The van der Waals surface area contributed by atoms with Crippen LogP contribution in [-0.4, -0.2) is 11.9 Å². The largest absolute Gasteiger partial charge is 0.673 e. The standard InChI is InChI=1S/C10H9N2O.BF4/c13-10-4-8-12(9-5-10)11-6-2-1-3-7-11;2-1(3,4)5/h1-9H;/q+1;-1. The van der Waals surface area contributed by atoms with E-state index < -0.39 is 7.25 Å². The van der Waals surface area contributed by atoms with Gasteiger partial charge in [0, 0.05) is 24.3 Å². The Hall–Kier alpha value is -2.12. The number of halogens is 4. The van der Waals surface area contributed by atoms with Gasteiger partial charge in [-0.15, -0.1) is 4.68 Å². The van der Waals surface area contributed by atoms with E-state index in [1.807, 2.05) is 39.9 Å². The molecule has 0 aliphatic carbocycles. The van der Waals surface area contributed by atoms with E-state index in [-0.39, 0.29) is 5.43 Å². The summed E-state index contributed by atoms with van der Waals surface area (Å²) in [6.45, 7) is 0. The number of hydrogen-bond acceptors (Lipinski definition) is 1. The van der Waals surface area contributed by atoms with Gasteiger partial charge in [0.05, 0.1) is 12.4 Å². The highest BCUT2D eigenvalue weighted by molar-refractivity contribution is 6.50. The molecule has 0 amide bonds. The summed E-state index contributed by atoms with van der Waals surface area (Å²) in [6, 6.07) is 8.86. The van der Waals surface area contributed by atoms with E-state index in [0.717, 1.165) is 0 Å². The molecule has 0 unspecified atom stereocenters. The van der Waals surface area contributed by atoms with E-state index in [1.165, 1.54) is 12.1 Å². The molecular weight excluding hydrogens is 251 g/mol. The molecule has 2 aromatic heterocycles. The molecule has 0 saturated heterocycles. The molecule has 0 radical (unpaired) electrons. The maximum atomic E-state index is 10.8. The molecule has 0 aliphatic heterocycles. The fraction of sp³-hybridized carbons (Fsp3) is 0. The number of pyridine rings is 2. The van der Waals surface area contributed by atoms with Crippen LogP contribution in [0.3, 0.4) is 0 Å². The molecule has 0 spiro atoms. The Morgan fingerprint density at radius 2 is 1.39 bits per heavy atom. The van der Waals surface area contributed by atoms with Gasteiger partial charge in [-0.3, -0.25) is 4.79 Å². The molecule has 0 bridgehead atoms. The molecule has 0 saturated carbocycles. The molecule has 8 heteroatoms. The van der Waals surface area contributed by atoms with Gasteiger partial charge in [0.2, 0.25) is 0 Å². The molecular formula is C10H9BF4N2O. The monoisotopic (exact) mass is 260 g/mol. The van der Waals surface area contributed by atoms with Crippen LogP contribution in [0.15, 0.2) is 59.9 Å². The van der Waals surface area contributed by atoms with Gasteiger partial charge in [0.25, 0.3) is 0 Å². The van der Waals surface area contributed by atoms with Crippen molar-refractivity contribution in [1.82, 2.24) is 4.68 Å². The number of hydrogen-bond donors (Lipinski definition) is 0. The highest BCUT2D eigenvalue weighted by atomic mass is 19.5. The molecule has 18 heavy (non-hydrogen) atoms. The smallest absolute Gasteiger partial charge is 0.418 e. The third-order valence-corrected chi connectivity index (χ3v) is 1.75. The molecule has 96 valence electrons. The molecule has 2 rings (SSSR count). The van der Waals surface area contributed by atoms with Gasteiger partial charge in [-0.25, -0.2) is 0 Å². The van der Waals surface area contributed by atoms with Crippen molar-refractivity contribution in [3.05, 3.63) is 65.3 Å². The lowest BCUT2D eigenvalue weighted by atomic mass is 10.3. The first-order chi connectivity index (χ1) is 8.36. The third-order valence-electron chi connectivity index (χ3n) is 1.75. The average molecular weight is 260 g/mol. The SMILES string of the molecule is F[B-](F)(F)F.O=c1ccn(-[n+]2ccccc2)cc1. The number of rotatable bonds is 1. The van der Waals surface area contributed by atoms with Crippen LogP contribution in [0.5, 0.6) is 0 Å². The molecule has 0 atom stereocenters. The highest BCUT2D eigenvalue weighted by Crippen LogP contribution is 2.06. The predicted molar refractivity (Wildman–Crippen MR) is 58.3 cm³/mol.